The molecule has 82 valence electrons. The highest BCUT2D eigenvalue weighted by atomic mass is 32.1. The van der Waals surface area contributed by atoms with Gasteiger partial charge in [0.05, 0.1) is 22.2 Å². The van der Waals surface area contributed by atoms with Crippen LogP contribution < -0.4 is 11.3 Å². The van der Waals surface area contributed by atoms with E-state index in [4.69, 9.17) is 10.6 Å². The predicted octanol–water partition coefficient (Wildman–Crippen LogP) is 1.57. The van der Waals surface area contributed by atoms with Gasteiger partial charge in [-0.05, 0) is 19.9 Å². The number of nitrogens with one attached hydrogen (secondary N) is 1. The lowest BCUT2D eigenvalue weighted by atomic mass is 10.2. The number of nitrogens with zero attached hydrogens (tertiary/aromatic N) is 1. The van der Waals surface area contributed by atoms with Crippen LogP contribution in [0.1, 0.15) is 28.0 Å². The Morgan fingerprint density at radius 1 is 1.60 bits per heavy atom. The van der Waals surface area contributed by atoms with Crippen molar-refractivity contribution in [2.24, 2.45) is 5.84 Å². The molecule has 0 radical (unpaired) electrons. The molecule has 4 nitrogen and oxygen atoms in total. The highest BCUT2D eigenvalue weighted by Crippen LogP contribution is 2.31. The van der Waals surface area contributed by atoms with Crippen LogP contribution in [0.25, 0.3) is 0 Å². The van der Waals surface area contributed by atoms with Crippen LogP contribution in [0.4, 0.5) is 0 Å². The zero-order valence-corrected chi connectivity index (χ0v) is 9.73. The largest absolute Gasteiger partial charge is 0.496 e. The van der Waals surface area contributed by atoms with E-state index in [1.54, 1.807) is 11.3 Å². The van der Waals surface area contributed by atoms with E-state index in [2.05, 4.69) is 16.5 Å². The van der Waals surface area contributed by atoms with Gasteiger partial charge in [-0.15, -0.1) is 11.3 Å². The van der Waals surface area contributed by atoms with Crippen molar-refractivity contribution in [1.29, 1.82) is 0 Å². The molecule has 0 aliphatic carbocycles. The van der Waals surface area contributed by atoms with Gasteiger partial charge in [-0.25, -0.2) is 10.4 Å². The fourth-order valence-corrected chi connectivity index (χ4v) is 2.74. The van der Waals surface area contributed by atoms with Crippen molar-refractivity contribution in [3.05, 3.63) is 27.4 Å². The number of aromatic nitrogens is 1. The van der Waals surface area contributed by atoms with Gasteiger partial charge < -0.3 is 4.74 Å². The SMILES string of the molecule is Cc1nc(C)c(C(NN)C2=CCCO2)s1. The van der Waals surface area contributed by atoms with Crippen LogP contribution in [0.2, 0.25) is 0 Å². The number of hydrogen-bond acceptors (Lipinski definition) is 5. The molecule has 0 saturated heterocycles. The summed E-state index contributed by atoms with van der Waals surface area (Å²) in [6.07, 6.45) is 3.05. The molecule has 1 aliphatic heterocycles. The predicted molar refractivity (Wildman–Crippen MR) is 60.3 cm³/mol. The minimum absolute atomic E-state index is 0.0429. The smallest absolute Gasteiger partial charge is 0.116 e. The minimum atomic E-state index is -0.0429. The molecule has 0 bridgehead atoms. The fourth-order valence-electron chi connectivity index (χ4n) is 1.74. The Hall–Kier alpha value is -0.910. The van der Waals surface area contributed by atoms with Gasteiger partial charge in [0.1, 0.15) is 11.8 Å². The molecule has 1 aromatic rings. The molecule has 2 heterocycles. The molecule has 0 saturated carbocycles. The minimum Gasteiger partial charge on any atom is -0.496 e. The van der Waals surface area contributed by atoms with Crippen LogP contribution in [-0.2, 0) is 4.74 Å². The third-order valence-electron chi connectivity index (χ3n) is 2.38. The number of nitrogens with two attached hydrogens (primary N) is 1. The molecule has 1 aromatic heterocycles. The molecule has 15 heavy (non-hydrogen) atoms. The van der Waals surface area contributed by atoms with Crippen molar-refractivity contribution < 1.29 is 4.74 Å². The molecule has 0 aromatic carbocycles. The Morgan fingerprint density at radius 3 is 2.87 bits per heavy atom. The second kappa shape index (κ2) is 4.30. The lowest BCUT2D eigenvalue weighted by Gasteiger charge is -2.15. The summed E-state index contributed by atoms with van der Waals surface area (Å²) in [7, 11) is 0. The Bertz CT molecular complexity index is 386. The molecular formula is C10H15N3OS. The zero-order chi connectivity index (χ0) is 10.8. The van der Waals surface area contributed by atoms with Crippen molar-refractivity contribution in [2.75, 3.05) is 6.61 Å². The standard InChI is InChI=1S/C10H15N3OS/c1-6-10(15-7(2)12-6)9(13-11)8-4-3-5-14-8/h4,9,13H,3,5,11H2,1-2H3. The average molecular weight is 225 g/mol. The molecule has 5 heteroatoms. The van der Waals surface area contributed by atoms with Crippen LogP contribution in [0.5, 0.6) is 0 Å². The fraction of sp³-hybridized carbons (Fsp3) is 0.500. The molecule has 3 N–H and O–H groups in total. The summed E-state index contributed by atoms with van der Waals surface area (Å²) in [6.45, 7) is 4.75. The van der Waals surface area contributed by atoms with Crippen molar-refractivity contribution >= 4 is 11.3 Å². The highest BCUT2D eigenvalue weighted by molar-refractivity contribution is 7.11. The molecule has 0 spiro atoms. The summed E-state index contributed by atoms with van der Waals surface area (Å²) in [4.78, 5) is 5.53. The van der Waals surface area contributed by atoms with Crippen molar-refractivity contribution in [2.45, 2.75) is 26.3 Å². The molecule has 1 unspecified atom stereocenters. The summed E-state index contributed by atoms with van der Waals surface area (Å²) < 4.78 is 5.52. The van der Waals surface area contributed by atoms with Crippen LogP contribution >= 0.6 is 11.3 Å². The van der Waals surface area contributed by atoms with Gasteiger partial charge in [0.2, 0.25) is 0 Å². The van der Waals surface area contributed by atoms with E-state index >= 15 is 0 Å². The topological polar surface area (TPSA) is 60.2 Å². The monoisotopic (exact) mass is 225 g/mol. The molecule has 0 amide bonds. The van der Waals surface area contributed by atoms with Crippen LogP contribution in [0.3, 0.4) is 0 Å². The first-order chi connectivity index (χ1) is 7.22. The van der Waals surface area contributed by atoms with Gasteiger partial charge in [-0.1, -0.05) is 0 Å². The van der Waals surface area contributed by atoms with E-state index in [0.717, 1.165) is 34.4 Å². The normalized spacial score (nSPS) is 17.4. The summed E-state index contributed by atoms with van der Waals surface area (Å²) in [5.74, 6) is 6.49. The number of rotatable bonds is 3. The maximum Gasteiger partial charge on any atom is 0.116 e. The number of aryl methyl sites for hydroxylation is 2. The molecule has 1 aliphatic rings. The first kappa shape index (κ1) is 10.6. The van der Waals surface area contributed by atoms with Gasteiger partial charge in [-0.2, -0.15) is 0 Å². The third kappa shape index (κ3) is 2.04. The molecular weight excluding hydrogens is 210 g/mol. The lowest BCUT2D eigenvalue weighted by molar-refractivity contribution is 0.216. The van der Waals surface area contributed by atoms with Gasteiger partial charge >= 0.3 is 0 Å². The molecule has 0 fully saturated rings. The van der Waals surface area contributed by atoms with Crippen molar-refractivity contribution in [1.82, 2.24) is 10.4 Å². The van der Waals surface area contributed by atoms with Gasteiger partial charge in [0, 0.05) is 6.42 Å². The summed E-state index contributed by atoms with van der Waals surface area (Å²) in [5, 5.41) is 1.06. The summed E-state index contributed by atoms with van der Waals surface area (Å²) >= 11 is 1.66. The van der Waals surface area contributed by atoms with E-state index in [1.807, 2.05) is 13.8 Å². The molecule has 2 rings (SSSR count). The number of hydrogen-bond donors (Lipinski definition) is 2. The first-order valence-electron chi connectivity index (χ1n) is 4.95. The van der Waals surface area contributed by atoms with Crippen LogP contribution in [-0.4, -0.2) is 11.6 Å². The van der Waals surface area contributed by atoms with Crippen LogP contribution in [0.15, 0.2) is 11.8 Å². The highest BCUT2D eigenvalue weighted by Gasteiger charge is 2.23. The summed E-state index contributed by atoms with van der Waals surface area (Å²) in [6, 6.07) is -0.0429. The number of ether oxygens (including phenoxy) is 1. The van der Waals surface area contributed by atoms with E-state index in [1.165, 1.54) is 0 Å². The quantitative estimate of drug-likeness (QED) is 0.605. The second-order valence-electron chi connectivity index (χ2n) is 3.53. The zero-order valence-electron chi connectivity index (χ0n) is 8.91. The van der Waals surface area contributed by atoms with E-state index < -0.39 is 0 Å². The Balaban J connectivity index is 2.29. The van der Waals surface area contributed by atoms with Crippen molar-refractivity contribution in [3.8, 4) is 0 Å². The maximum absolute atomic E-state index is 5.57. The first-order valence-corrected chi connectivity index (χ1v) is 5.77. The maximum atomic E-state index is 5.57. The third-order valence-corrected chi connectivity index (χ3v) is 3.52. The second-order valence-corrected chi connectivity index (χ2v) is 4.76. The van der Waals surface area contributed by atoms with Gasteiger partial charge in [-0.3, -0.25) is 5.84 Å². The van der Waals surface area contributed by atoms with Crippen LogP contribution in [0, 0.1) is 13.8 Å². The summed E-state index contributed by atoms with van der Waals surface area (Å²) in [5.41, 5.74) is 3.82. The number of thiazole rings is 1. The Labute approximate surface area is 93.1 Å². The lowest BCUT2D eigenvalue weighted by Crippen LogP contribution is -2.29. The Morgan fingerprint density at radius 2 is 2.40 bits per heavy atom. The van der Waals surface area contributed by atoms with Gasteiger partial charge in [0.25, 0.3) is 0 Å². The number of hydrazine groups is 1. The van der Waals surface area contributed by atoms with E-state index in [9.17, 15) is 0 Å². The average Bonchev–Trinajstić information content (AvgIpc) is 2.79. The Kier molecular flexibility index (Phi) is 3.04. The van der Waals surface area contributed by atoms with E-state index in [-0.39, 0.29) is 6.04 Å². The van der Waals surface area contributed by atoms with E-state index in [0.29, 0.717) is 0 Å². The molecule has 1 atom stereocenters. The van der Waals surface area contributed by atoms with Crippen molar-refractivity contribution in [3.63, 3.8) is 0 Å². The van der Waals surface area contributed by atoms with Gasteiger partial charge in [0.15, 0.2) is 0 Å².